The second-order valence-electron chi connectivity index (χ2n) is 7.27. The highest BCUT2D eigenvalue weighted by atomic mass is 16.2. The summed E-state index contributed by atoms with van der Waals surface area (Å²) in [6, 6.07) is 7.63. The molecule has 2 aliphatic rings. The number of imide groups is 1. The van der Waals surface area contributed by atoms with Crippen molar-refractivity contribution in [3.05, 3.63) is 24.3 Å². The molecule has 2 aliphatic heterocycles. The fourth-order valence-electron chi connectivity index (χ4n) is 3.81. The molecule has 7 heteroatoms. The fraction of sp³-hybridized carbons (Fsp3) is 0.550. The first-order chi connectivity index (χ1) is 13.1. The number of urea groups is 1. The van der Waals surface area contributed by atoms with Gasteiger partial charge < -0.3 is 10.2 Å². The minimum Gasteiger partial charge on any atom is -0.372 e. The van der Waals surface area contributed by atoms with E-state index in [0.717, 1.165) is 50.1 Å². The second kappa shape index (κ2) is 8.88. The second-order valence-corrected chi connectivity index (χ2v) is 7.27. The predicted octanol–water partition coefficient (Wildman–Crippen LogP) is 2.27. The molecule has 0 aromatic heterocycles. The van der Waals surface area contributed by atoms with Gasteiger partial charge in [0.2, 0.25) is 11.8 Å². The van der Waals surface area contributed by atoms with Crippen LogP contribution in [0.2, 0.25) is 0 Å². The Balaban J connectivity index is 1.48. The minimum absolute atomic E-state index is 0.124. The van der Waals surface area contributed by atoms with Crippen LogP contribution in [0.4, 0.5) is 16.2 Å². The molecule has 0 atom stereocenters. The van der Waals surface area contributed by atoms with Crippen LogP contribution in [0.5, 0.6) is 0 Å². The summed E-state index contributed by atoms with van der Waals surface area (Å²) < 4.78 is 0. The van der Waals surface area contributed by atoms with Crippen LogP contribution in [0.1, 0.15) is 38.5 Å². The molecule has 2 N–H and O–H groups in total. The first-order valence-corrected chi connectivity index (χ1v) is 9.74. The van der Waals surface area contributed by atoms with E-state index in [2.05, 4.69) is 15.5 Å². The van der Waals surface area contributed by atoms with E-state index in [9.17, 15) is 14.4 Å². The van der Waals surface area contributed by atoms with Crippen molar-refractivity contribution >= 4 is 29.2 Å². The Bertz CT molecular complexity index is 681. The van der Waals surface area contributed by atoms with Gasteiger partial charge in [-0.2, -0.15) is 0 Å². The number of hydrogen-bond acceptors (Lipinski definition) is 4. The topological polar surface area (TPSA) is 81.8 Å². The number of anilines is 2. The molecule has 0 unspecified atom stereocenters. The molecule has 2 heterocycles. The summed E-state index contributed by atoms with van der Waals surface area (Å²) >= 11 is 0. The van der Waals surface area contributed by atoms with Crippen LogP contribution >= 0.6 is 0 Å². The lowest BCUT2D eigenvalue weighted by Crippen LogP contribution is -2.49. The third kappa shape index (κ3) is 4.99. The van der Waals surface area contributed by atoms with Crippen LogP contribution in [0, 0.1) is 5.92 Å². The average Bonchev–Trinajstić information content (AvgIpc) is 2.69. The molecule has 146 valence electrons. The monoisotopic (exact) mass is 372 g/mol. The van der Waals surface area contributed by atoms with E-state index in [1.807, 2.05) is 24.3 Å². The SMILES string of the molecule is CNC(=O)CCCC1CCN(c2ccc(N3CCC(=O)NC3=O)cc2)CC1. The number of hydrogen-bond donors (Lipinski definition) is 2. The largest absolute Gasteiger partial charge is 0.372 e. The van der Waals surface area contributed by atoms with Crippen molar-refractivity contribution in [2.24, 2.45) is 5.92 Å². The van der Waals surface area contributed by atoms with Gasteiger partial charge in [-0.1, -0.05) is 0 Å². The van der Waals surface area contributed by atoms with Gasteiger partial charge in [-0.25, -0.2) is 4.79 Å². The van der Waals surface area contributed by atoms with Gasteiger partial charge in [0.25, 0.3) is 0 Å². The van der Waals surface area contributed by atoms with Gasteiger partial charge in [0.1, 0.15) is 0 Å². The van der Waals surface area contributed by atoms with Crippen molar-refractivity contribution in [3.63, 3.8) is 0 Å². The maximum absolute atomic E-state index is 11.9. The Morgan fingerprint density at radius 2 is 1.78 bits per heavy atom. The molecule has 0 bridgehead atoms. The van der Waals surface area contributed by atoms with Gasteiger partial charge in [-0.15, -0.1) is 0 Å². The molecule has 7 nitrogen and oxygen atoms in total. The summed E-state index contributed by atoms with van der Waals surface area (Å²) in [7, 11) is 1.68. The molecule has 4 amide bonds. The Kier molecular flexibility index (Phi) is 6.32. The number of carbonyl (C=O) groups is 3. The van der Waals surface area contributed by atoms with Gasteiger partial charge in [-0.3, -0.25) is 19.8 Å². The Labute approximate surface area is 160 Å². The van der Waals surface area contributed by atoms with Crippen molar-refractivity contribution in [2.45, 2.75) is 38.5 Å². The molecule has 3 rings (SSSR count). The van der Waals surface area contributed by atoms with E-state index in [-0.39, 0.29) is 17.8 Å². The zero-order chi connectivity index (χ0) is 19.2. The first kappa shape index (κ1) is 19.2. The lowest BCUT2D eigenvalue weighted by atomic mass is 9.91. The van der Waals surface area contributed by atoms with Gasteiger partial charge in [0.15, 0.2) is 0 Å². The number of nitrogens with one attached hydrogen (secondary N) is 2. The maximum Gasteiger partial charge on any atom is 0.328 e. The molecular formula is C20H28N4O3. The quantitative estimate of drug-likeness (QED) is 0.803. The number of benzene rings is 1. The minimum atomic E-state index is -0.350. The third-order valence-corrected chi connectivity index (χ3v) is 5.49. The number of piperidine rings is 1. The molecule has 0 spiro atoms. The van der Waals surface area contributed by atoms with Crippen molar-refractivity contribution in [1.82, 2.24) is 10.6 Å². The van der Waals surface area contributed by atoms with Crippen molar-refractivity contribution in [1.29, 1.82) is 0 Å². The molecule has 2 fully saturated rings. The molecule has 2 saturated heterocycles. The van der Waals surface area contributed by atoms with Crippen LogP contribution in [0.3, 0.4) is 0 Å². The van der Waals surface area contributed by atoms with E-state index in [4.69, 9.17) is 0 Å². The normalized spacial score (nSPS) is 18.4. The molecule has 0 aliphatic carbocycles. The number of nitrogens with zero attached hydrogens (tertiary/aromatic N) is 2. The molecule has 0 radical (unpaired) electrons. The Hall–Kier alpha value is -2.57. The van der Waals surface area contributed by atoms with Gasteiger partial charge in [0.05, 0.1) is 0 Å². The number of carbonyl (C=O) groups excluding carboxylic acids is 3. The van der Waals surface area contributed by atoms with Crippen molar-refractivity contribution < 1.29 is 14.4 Å². The molecule has 1 aromatic carbocycles. The maximum atomic E-state index is 11.9. The molecule has 27 heavy (non-hydrogen) atoms. The van der Waals surface area contributed by atoms with E-state index in [1.165, 1.54) is 0 Å². The zero-order valence-electron chi connectivity index (χ0n) is 15.9. The zero-order valence-corrected chi connectivity index (χ0v) is 15.9. The van der Waals surface area contributed by atoms with E-state index in [0.29, 0.717) is 25.3 Å². The van der Waals surface area contributed by atoms with Crippen LogP contribution in [-0.2, 0) is 9.59 Å². The lowest BCUT2D eigenvalue weighted by molar-refractivity contribution is -0.121. The highest BCUT2D eigenvalue weighted by molar-refractivity contribution is 6.05. The van der Waals surface area contributed by atoms with Crippen LogP contribution in [0.25, 0.3) is 0 Å². The van der Waals surface area contributed by atoms with E-state index >= 15 is 0 Å². The lowest BCUT2D eigenvalue weighted by Gasteiger charge is -2.34. The summed E-state index contributed by atoms with van der Waals surface area (Å²) in [5, 5.41) is 5.02. The number of rotatable bonds is 6. The van der Waals surface area contributed by atoms with Crippen LogP contribution in [-0.4, -0.2) is 44.5 Å². The van der Waals surface area contributed by atoms with Crippen molar-refractivity contribution in [2.75, 3.05) is 36.5 Å². The molecule has 1 aromatic rings. The number of amides is 4. The van der Waals surface area contributed by atoms with Crippen LogP contribution in [0.15, 0.2) is 24.3 Å². The Morgan fingerprint density at radius 3 is 2.41 bits per heavy atom. The highest BCUT2D eigenvalue weighted by Crippen LogP contribution is 2.28. The summed E-state index contributed by atoms with van der Waals surface area (Å²) in [6.45, 7) is 2.46. The Morgan fingerprint density at radius 1 is 1.11 bits per heavy atom. The van der Waals surface area contributed by atoms with E-state index < -0.39 is 0 Å². The fourth-order valence-corrected chi connectivity index (χ4v) is 3.81. The summed E-state index contributed by atoms with van der Waals surface area (Å²) in [4.78, 5) is 38.5. The first-order valence-electron chi connectivity index (χ1n) is 9.74. The van der Waals surface area contributed by atoms with E-state index in [1.54, 1.807) is 11.9 Å². The molecular weight excluding hydrogens is 344 g/mol. The highest BCUT2D eigenvalue weighted by Gasteiger charge is 2.24. The summed E-state index contributed by atoms with van der Waals surface area (Å²) in [5.41, 5.74) is 1.98. The predicted molar refractivity (Wildman–Crippen MR) is 105 cm³/mol. The van der Waals surface area contributed by atoms with Gasteiger partial charge >= 0.3 is 6.03 Å². The molecule has 0 saturated carbocycles. The summed E-state index contributed by atoms with van der Waals surface area (Å²) in [5.74, 6) is 0.602. The smallest absolute Gasteiger partial charge is 0.328 e. The summed E-state index contributed by atoms with van der Waals surface area (Å²) in [6.07, 6.45) is 5.31. The third-order valence-electron chi connectivity index (χ3n) is 5.49. The standard InChI is InChI=1S/C20H28N4O3/c1-21-18(25)4-2-3-15-9-12-23(13-10-15)16-5-7-17(8-6-16)24-14-11-19(26)22-20(24)27/h5-8,15H,2-4,9-14H2,1H3,(H,21,25)(H,22,26,27). The van der Waals surface area contributed by atoms with Gasteiger partial charge in [-0.05, 0) is 55.9 Å². The van der Waals surface area contributed by atoms with Gasteiger partial charge in [0, 0.05) is 50.9 Å². The van der Waals surface area contributed by atoms with Crippen LogP contribution < -0.4 is 20.4 Å². The average molecular weight is 372 g/mol. The van der Waals surface area contributed by atoms with Crippen molar-refractivity contribution in [3.8, 4) is 0 Å².